The Morgan fingerprint density at radius 1 is 0.907 bits per heavy atom. The minimum atomic E-state index is -4.83. The fraction of sp³-hybridized carbons (Fsp3) is 0.474. The van der Waals surface area contributed by atoms with E-state index < -0.39 is 79.6 Å². The third-order valence-electron chi connectivity index (χ3n) is 9.23. The molecule has 3 amide bonds. The fourth-order valence-electron chi connectivity index (χ4n) is 5.15. The van der Waals surface area contributed by atoms with Gasteiger partial charge in [0.25, 0.3) is 11.5 Å². The molecule has 296 valence electrons. The van der Waals surface area contributed by atoms with Crippen molar-refractivity contribution in [2.24, 2.45) is 5.92 Å². The summed E-state index contributed by atoms with van der Waals surface area (Å²) in [5, 5.41) is 6.90. The maximum Gasteiger partial charge on any atom is 0.415 e. The van der Waals surface area contributed by atoms with Crippen LogP contribution in [0.1, 0.15) is 50.5 Å². The normalized spacial score (nSPS) is 13.4. The number of rotatable bonds is 16. The number of amides is 3. The van der Waals surface area contributed by atoms with E-state index >= 15 is 0 Å². The molecule has 2 atom stereocenters. The summed E-state index contributed by atoms with van der Waals surface area (Å²) < 4.78 is 66.5. The molecule has 0 saturated carbocycles. The Labute approximate surface area is 314 Å². The van der Waals surface area contributed by atoms with Crippen LogP contribution in [0, 0.1) is 5.92 Å². The lowest BCUT2D eigenvalue weighted by Crippen LogP contribution is -2.59. The summed E-state index contributed by atoms with van der Waals surface area (Å²) in [6.45, 7) is 10.8. The van der Waals surface area contributed by atoms with E-state index in [0.717, 1.165) is 4.57 Å². The number of carbonyl (C=O) groups excluding carboxylic acids is 3. The number of methoxy groups -OCH3 is 2. The molecule has 0 aliphatic rings. The lowest BCUT2D eigenvalue weighted by Gasteiger charge is -2.42. The number of aromatic nitrogens is 1. The van der Waals surface area contributed by atoms with Gasteiger partial charge >= 0.3 is 12.3 Å². The largest absolute Gasteiger partial charge is 0.444 e. The van der Waals surface area contributed by atoms with E-state index in [1.165, 1.54) is 34.1 Å². The second kappa shape index (κ2) is 18.7. The van der Waals surface area contributed by atoms with Gasteiger partial charge in [-0.15, -0.1) is 0 Å². The highest BCUT2D eigenvalue weighted by Crippen LogP contribution is 2.41. The number of benzene rings is 2. The summed E-state index contributed by atoms with van der Waals surface area (Å²) >= 11 is 0. The lowest BCUT2D eigenvalue weighted by atomic mass is 9.98. The highest BCUT2D eigenvalue weighted by Gasteiger charge is 2.52. The first kappa shape index (κ1) is 43.9. The molecule has 3 rings (SSSR count). The number of pyridine rings is 1. The first-order valence-corrected chi connectivity index (χ1v) is 20.3. The van der Waals surface area contributed by atoms with Crippen LogP contribution in [0.2, 0.25) is 18.1 Å². The third kappa shape index (κ3) is 11.7. The molecule has 0 aliphatic carbocycles. The van der Waals surface area contributed by atoms with Crippen molar-refractivity contribution in [3.8, 4) is 11.3 Å². The summed E-state index contributed by atoms with van der Waals surface area (Å²) in [6.07, 6.45) is -9.08. The van der Waals surface area contributed by atoms with Gasteiger partial charge in [-0.2, -0.15) is 13.2 Å². The number of hydrogen-bond donors (Lipinski definition) is 3. The molecule has 0 bridgehead atoms. The third-order valence-corrected chi connectivity index (χ3v) is 13.7. The van der Waals surface area contributed by atoms with Crippen molar-refractivity contribution < 1.29 is 46.2 Å². The quantitative estimate of drug-likeness (QED) is 0.108. The highest BCUT2D eigenvalue weighted by molar-refractivity contribution is 6.74. The van der Waals surface area contributed by atoms with Crippen LogP contribution in [0.3, 0.4) is 0 Å². The van der Waals surface area contributed by atoms with Gasteiger partial charge in [0.2, 0.25) is 5.91 Å². The number of ether oxygens (including phenoxy) is 3. The Hall–Kier alpha value is -4.51. The van der Waals surface area contributed by atoms with Crippen molar-refractivity contribution >= 4 is 31.9 Å². The second-order valence-corrected chi connectivity index (χ2v) is 19.3. The van der Waals surface area contributed by atoms with Crippen molar-refractivity contribution in [3.05, 3.63) is 88.2 Å². The number of carbonyl (C=O) groups is 3. The van der Waals surface area contributed by atoms with Crippen molar-refractivity contribution in [1.29, 1.82) is 0 Å². The number of anilines is 1. The first-order valence-electron chi connectivity index (χ1n) is 17.4. The number of nitrogens with one attached hydrogen (secondary N) is 3. The number of hydrogen-bond acceptors (Lipinski definition) is 8. The van der Waals surface area contributed by atoms with Gasteiger partial charge < -0.3 is 29.3 Å². The van der Waals surface area contributed by atoms with Crippen LogP contribution < -0.4 is 21.5 Å². The van der Waals surface area contributed by atoms with E-state index in [1.807, 2.05) is 20.8 Å². The molecule has 3 aromatic rings. The van der Waals surface area contributed by atoms with E-state index in [-0.39, 0.29) is 24.4 Å². The summed E-state index contributed by atoms with van der Waals surface area (Å²) in [5.74, 6) is -2.46. The van der Waals surface area contributed by atoms with Gasteiger partial charge in [0, 0.05) is 14.2 Å². The molecule has 0 spiro atoms. The molecule has 1 aromatic heterocycles. The topological polar surface area (TPSA) is 146 Å². The van der Waals surface area contributed by atoms with Crippen LogP contribution in [0.5, 0.6) is 0 Å². The average Bonchev–Trinajstić information content (AvgIpc) is 3.10. The molecule has 1 heterocycles. The molecule has 0 aliphatic heterocycles. The van der Waals surface area contributed by atoms with Crippen LogP contribution in [-0.2, 0) is 36.6 Å². The van der Waals surface area contributed by atoms with Crippen LogP contribution in [0.25, 0.3) is 11.3 Å². The Morgan fingerprint density at radius 2 is 1.48 bits per heavy atom. The standard InChI is InChI=1S/C38H51F3N4O8Si/c1-24(2)31(33(38(39,40)41)53-54(8,9)37(3,4)5)43-29(46)22-45-28(26-18-14-11-15-19-26)20-27(34(47)42-21-30(50-6)51-7)32(35(45)48)44-36(49)52-23-25-16-12-10-13-17-25/h10-20,24,30-31,33H,21-23H2,1-9H3,(H,42,47)(H,43,46)(H,44,49). The summed E-state index contributed by atoms with van der Waals surface area (Å²) in [6, 6.07) is 16.8. The zero-order valence-electron chi connectivity index (χ0n) is 32.1. The summed E-state index contributed by atoms with van der Waals surface area (Å²) in [5.41, 5.74) is -0.674. The molecular formula is C38H51F3N4O8Si. The molecule has 16 heteroatoms. The zero-order chi connectivity index (χ0) is 40.4. The smallest absolute Gasteiger partial charge is 0.415 e. The lowest BCUT2D eigenvalue weighted by molar-refractivity contribution is -0.210. The van der Waals surface area contributed by atoms with Crippen molar-refractivity contribution in [1.82, 2.24) is 15.2 Å². The molecule has 54 heavy (non-hydrogen) atoms. The maximum atomic E-state index is 14.7. The van der Waals surface area contributed by atoms with Crippen molar-refractivity contribution in [2.45, 2.75) is 90.5 Å². The van der Waals surface area contributed by atoms with E-state index in [2.05, 4.69) is 16.0 Å². The van der Waals surface area contributed by atoms with E-state index in [1.54, 1.807) is 73.8 Å². The molecule has 0 saturated heterocycles. The molecule has 0 fully saturated rings. The fourth-order valence-corrected chi connectivity index (χ4v) is 6.42. The Bertz CT molecular complexity index is 1780. The van der Waals surface area contributed by atoms with Crippen LogP contribution in [0.15, 0.2) is 71.5 Å². The van der Waals surface area contributed by atoms with Crippen LogP contribution >= 0.6 is 0 Å². The van der Waals surface area contributed by atoms with E-state index in [9.17, 15) is 32.3 Å². The minimum absolute atomic E-state index is 0.0742. The van der Waals surface area contributed by atoms with Gasteiger partial charge in [0.15, 0.2) is 20.7 Å². The molecular weight excluding hydrogens is 726 g/mol. The van der Waals surface area contributed by atoms with Gasteiger partial charge in [-0.05, 0) is 41.2 Å². The minimum Gasteiger partial charge on any atom is -0.444 e. The van der Waals surface area contributed by atoms with Gasteiger partial charge in [-0.1, -0.05) is 95.3 Å². The maximum absolute atomic E-state index is 14.7. The van der Waals surface area contributed by atoms with Gasteiger partial charge in [0.1, 0.15) is 18.8 Å². The molecule has 2 aromatic carbocycles. The van der Waals surface area contributed by atoms with Gasteiger partial charge in [0.05, 0.1) is 23.8 Å². The first-order chi connectivity index (χ1) is 25.2. The Kier molecular flexibility index (Phi) is 15.2. The predicted molar refractivity (Wildman–Crippen MR) is 201 cm³/mol. The number of alkyl halides is 3. The summed E-state index contributed by atoms with van der Waals surface area (Å²) in [7, 11) is -0.252. The van der Waals surface area contributed by atoms with Gasteiger partial charge in [-0.3, -0.25) is 24.3 Å². The Morgan fingerprint density at radius 3 is 2.00 bits per heavy atom. The molecule has 2 unspecified atom stereocenters. The highest BCUT2D eigenvalue weighted by atomic mass is 28.4. The number of halogens is 3. The molecule has 3 N–H and O–H groups in total. The second-order valence-electron chi connectivity index (χ2n) is 14.6. The predicted octanol–water partition coefficient (Wildman–Crippen LogP) is 6.71. The average molecular weight is 777 g/mol. The van der Waals surface area contributed by atoms with E-state index in [0.29, 0.717) is 11.1 Å². The number of nitrogens with zero attached hydrogens (tertiary/aromatic N) is 1. The SMILES string of the molecule is COC(CNC(=O)c1cc(-c2ccccc2)n(CC(=O)NC(C(C)C)C(O[Si](C)(C)C(C)(C)C)C(F)(F)F)c(=O)c1NC(=O)OCc1ccccc1)OC. The van der Waals surface area contributed by atoms with Crippen molar-refractivity contribution in [3.63, 3.8) is 0 Å². The van der Waals surface area contributed by atoms with Crippen LogP contribution in [0.4, 0.5) is 23.7 Å². The Balaban J connectivity index is 2.12. The molecule has 0 radical (unpaired) electrons. The van der Waals surface area contributed by atoms with Crippen molar-refractivity contribution in [2.75, 3.05) is 26.1 Å². The van der Waals surface area contributed by atoms with Crippen LogP contribution in [-0.4, -0.2) is 76.2 Å². The monoisotopic (exact) mass is 776 g/mol. The molecule has 12 nitrogen and oxygen atoms in total. The summed E-state index contributed by atoms with van der Waals surface area (Å²) in [4.78, 5) is 54.9. The zero-order valence-corrected chi connectivity index (χ0v) is 33.1. The van der Waals surface area contributed by atoms with Gasteiger partial charge in [-0.25, -0.2) is 4.79 Å². The van der Waals surface area contributed by atoms with E-state index in [4.69, 9.17) is 18.6 Å².